The maximum Gasteiger partial charge on any atom is 0.214 e. The maximum atomic E-state index is 11.5. The van der Waals surface area contributed by atoms with Crippen molar-refractivity contribution in [1.82, 2.24) is 14.6 Å². The van der Waals surface area contributed by atoms with Crippen LogP contribution in [0.3, 0.4) is 0 Å². The summed E-state index contributed by atoms with van der Waals surface area (Å²) in [6.07, 6.45) is 1.74. The van der Waals surface area contributed by atoms with Crippen molar-refractivity contribution >= 4 is 21.4 Å². The van der Waals surface area contributed by atoms with Crippen molar-refractivity contribution in [1.29, 1.82) is 0 Å². The molecule has 0 aliphatic rings. The first-order valence-corrected chi connectivity index (χ1v) is 7.45. The quantitative estimate of drug-likeness (QED) is 0.820. The first-order chi connectivity index (χ1) is 7.43. The topological polar surface area (TPSA) is 62.3 Å². The van der Waals surface area contributed by atoms with Gasteiger partial charge >= 0.3 is 0 Å². The van der Waals surface area contributed by atoms with E-state index in [0.29, 0.717) is 6.54 Å². The maximum absolute atomic E-state index is 11.5. The SMILES string of the molecule is CC(NCCS(=O)(=O)N(C)C)c1nccs1. The lowest BCUT2D eigenvalue weighted by molar-refractivity contribution is 0.512. The molecule has 16 heavy (non-hydrogen) atoms. The number of nitrogens with zero attached hydrogens (tertiary/aromatic N) is 2. The second kappa shape index (κ2) is 5.72. The molecule has 0 saturated carbocycles. The molecule has 0 saturated heterocycles. The Labute approximate surface area is 101 Å². The molecule has 0 amide bonds. The van der Waals surface area contributed by atoms with Crippen molar-refractivity contribution in [2.75, 3.05) is 26.4 Å². The van der Waals surface area contributed by atoms with E-state index in [0.717, 1.165) is 5.01 Å². The Morgan fingerprint density at radius 1 is 1.56 bits per heavy atom. The first-order valence-electron chi connectivity index (χ1n) is 4.96. The van der Waals surface area contributed by atoms with Gasteiger partial charge in [0.15, 0.2) is 0 Å². The van der Waals surface area contributed by atoms with Gasteiger partial charge in [0.1, 0.15) is 5.01 Å². The number of hydrogen-bond acceptors (Lipinski definition) is 5. The third-order valence-corrected chi connectivity index (χ3v) is 4.98. The molecule has 5 nitrogen and oxygen atoms in total. The molecule has 0 aromatic carbocycles. The highest BCUT2D eigenvalue weighted by atomic mass is 32.2. The van der Waals surface area contributed by atoms with E-state index in [9.17, 15) is 8.42 Å². The fraction of sp³-hybridized carbons (Fsp3) is 0.667. The molecule has 0 radical (unpaired) electrons. The number of aromatic nitrogens is 1. The van der Waals surface area contributed by atoms with Crippen LogP contribution in [0.1, 0.15) is 18.0 Å². The van der Waals surface area contributed by atoms with E-state index in [4.69, 9.17) is 0 Å². The summed E-state index contributed by atoms with van der Waals surface area (Å²) in [5, 5.41) is 6.02. The molecule has 7 heteroatoms. The number of hydrogen-bond donors (Lipinski definition) is 1. The summed E-state index contributed by atoms with van der Waals surface area (Å²) in [6.45, 7) is 2.41. The Hall–Kier alpha value is -0.500. The van der Waals surface area contributed by atoms with Gasteiger partial charge in [-0.2, -0.15) is 0 Å². The Kier molecular flexibility index (Phi) is 4.85. The summed E-state index contributed by atoms with van der Waals surface area (Å²) in [6, 6.07) is 0.0948. The number of rotatable bonds is 6. The standard InChI is InChI=1S/C9H17N3O2S2/c1-8(9-11-4-6-15-9)10-5-7-16(13,14)12(2)3/h4,6,8,10H,5,7H2,1-3H3. The van der Waals surface area contributed by atoms with Crippen molar-refractivity contribution in [2.24, 2.45) is 0 Å². The van der Waals surface area contributed by atoms with Crippen molar-refractivity contribution in [2.45, 2.75) is 13.0 Å². The Bertz CT molecular complexity index is 400. The first kappa shape index (κ1) is 13.6. The summed E-state index contributed by atoms with van der Waals surface area (Å²) in [7, 11) is -0.0263. The van der Waals surface area contributed by atoms with Gasteiger partial charge in [0, 0.05) is 32.2 Å². The van der Waals surface area contributed by atoms with Crippen LogP contribution in [0.4, 0.5) is 0 Å². The van der Waals surface area contributed by atoms with Gasteiger partial charge in [-0.15, -0.1) is 11.3 Å². The van der Waals surface area contributed by atoms with Crippen LogP contribution >= 0.6 is 11.3 Å². The highest BCUT2D eigenvalue weighted by molar-refractivity contribution is 7.89. The van der Waals surface area contributed by atoms with Crippen LogP contribution < -0.4 is 5.32 Å². The summed E-state index contributed by atoms with van der Waals surface area (Å²) in [4.78, 5) is 4.16. The number of nitrogens with one attached hydrogen (secondary N) is 1. The molecule has 0 fully saturated rings. The van der Waals surface area contributed by atoms with Gasteiger partial charge in [0.05, 0.1) is 11.8 Å². The molecule has 1 aromatic heterocycles. The van der Waals surface area contributed by atoms with Crippen LogP contribution in [-0.2, 0) is 10.0 Å². The molecule has 1 aromatic rings. The average Bonchev–Trinajstić information content (AvgIpc) is 2.69. The predicted molar refractivity (Wildman–Crippen MR) is 66.0 cm³/mol. The normalized spacial score (nSPS) is 14.2. The van der Waals surface area contributed by atoms with Gasteiger partial charge in [-0.3, -0.25) is 0 Å². The lowest BCUT2D eigenvalue weighted by Crippen LogP contribution is -2.32. The zero-order valence-corrected chi connectivity index (χ0v) is 11.3. The van der Waals surface area contributed by atoms with Crippen molar-refractivity contribution in [3.63, 3.8) is 0 Å². The Balaban J connectivity index is 2.37. The zero-order chi connectivity index (χ0) is 12.2. The summed E-state index contributed by atoms with van der Waals surface area (Å²) < 4.78 is 24.2. The lowest BCUT2D eigenvalue weighted by atomic mass is 10.3. The third-order valence-electron chi connectivity index (χ3n) is 2.19. The molecule has 1 atom stereocenters. The highest BCUT2D eigenvalue weighted by Gasteiger charge is 2.14. The van der Waals surface area contributed by atoms with E-state index in [1.807, 2.05) is 12.3 Å². The van der Waals surface area contributed by atoms with Crippen LogP contribution in [0.5, 0.6) is 0 Å². The fourth-order valence-electron chi connectivity index (χ4n) is 1.12. The van der Waals surface area contributed by atoms with E-state index in [-0.39, 0.29) is 11.8 Å². The van der Waals surface area contributed by atoms with Crippen molar-refractivity contribution < 1.29 is 8.42 Å². The second-order valence-corrected chi connectivity index (χ2v) is 6.87. The van der Waals surface area contributed by atoms with Gasteiger partial charge < -0.3 is 5.32 Å². The average molecular weight is 263 g/mol. The molecule has 0 aliphatic heterocycles. The van der Waals surface area contributed by atoms with E-state index >= 15 is 0 Å². The minimum absolute atomic E-state index is 0.0948. The van der Waals surface area contributed by atoms with Gasteiger partial charge in [0.2, 0.25) is 10.0 Å². The van der Waals surface area contributed by atoms with E-state index in [1.54, 1.807) is 31.6 Å². The zero-order valence-electron chi connectivity index (χ0n) is 9.67. The number of thiazole rings is 1. The van der Waals surface area contributed by atoms with Crippen LogP contribution in [0, 0.1) is 0 Å². The molecule has 92 valence electrons. The summed E-state index contributed by atoms with van der Waals surface area (Å²) in [5.74, 6) is 0.107. The van der Waals surface area contributed by atoms with Crippen LogP contribution in [0.15, 0.2) is 11.6 Å². The van der Waals surface area contributed by atoms with E-state index < -0.39 is 10.0 Å². The van der Waals surface area contributed by atoms with Crippen LogP contribution in [0.2, 0.25) is 0 Å². The molecule has 1 N–H and O–H groups in total. The molecule has 1 rings (SSSR count). The van der Waals surface area contributed by atoms with Crippen LogP contribution in [0.25, 0.3) is 0 Å². The monoisotopic (exact) mass is 263 g/mol. The van der Waals surface area contributed by atoms with E-state index in [1.165, 1.54) is 4.31 Å². The highest BCUT2D eigenvalue weighted by Crippen LogP contribution is 2.14. The van der Waals surface area contributed by atoms with E-state index in [2.05, 4.69) is 10.3 Å². The number of sulfonamides is 1. The van der Waals surface area contributed by atoms with Crippen molar-refractivity contribution in [3.8, 4) is 0 Å². The smallest absolute Gasteiger partial charge is 0.214 e. The molecule has 1 heterocycles. The molecule has 0 spiro atoms. The van der Waals surface area contributed by atoms with Crippen LogP contribution in [-0.4, -0.2) is 44.1 Å². The molecular weight excluding hydrogens is 246 g/mol. The van der Waals surface area contributed by atoms with Gasteiger partial charge in [-0.1, -0.05) is 0 Å². The summed E-state index contributed by atoms with van der Waals surface area (Å²) in [5.41, 5.74) is 0. The molecule has 0 bridgehead atoms. The second-order valence-electron chi connectivity index (χ2n) is 3.64. The third kappa shape index (κ3) is 3.82. The van der Waals surface area contributed by atoms with Gasteiger partial charge in [-0.05, 0) is 6.92 Å². The lowest BCUT2D eigenvalue weighted by Gasteiger charge is -2.14. The molecular formula is C9H17N3O2S2. The Morgan fingerprint density at radius 3 is 2.75 bits per heavy atom. The summed E-state index contributed by atoms with van der Waals surface area (Å²) >= 11 is 1.56. The molecule has 1 unspecified atom stereocenters. The molecule has 0 aliphatic carbocycles. The Morgan fingerprint density at radius 2 is 2.25 bits per heavy atom. The van der Waals surface area contributed by atoms with Crippen molar-refractivity contribution in [3.05, 3.63) is 16.6 Å². The van der Waals surface area contributed by atoms with Gasteiger partial charge in [-0.25, -0.2) is 17.7 Å². The van der Waals surface area contributed by atoms with Gasteiger partial charge in [0.25, 0.3) is 0 Å². The minimum atomic E-state index is -3.11. The predicted octanol–water partition coefficient (Wildman–Crippen LogP) is 0.685. The largest absolute Gasteiger partial charge is 0.307 e. The fourth-order valence-corrected chi connectivity index (χ4v) is 2.53. The minimum Gasteiger partial charge on any atom is -0.307 e.